The van der Waals surface area contributed by atoms with Gasteiger partial charge in [-0.1, -0.05) is 84.9 Å². The number of aldehydes is 2. The maximum absolute atomic E-state index is 10.6. The zero-order valence-electron chi connectivity index (χ0n) is 25.2. The lowest BCUT2D eigenvalue weighted by molar-refractivity contribution is 0.107. The summed E-state index contributed by atoms with van der Waals surface area (Å²) in [4.78, 5) is 20.7. The van der Waals surface area contributed by atoms with E-state index >= 15 is 0 Å². The molecule has 0 spiro atoms. The van der Waals surface area contributed by atoms with Crippen LogP contribution in [-0.4, -0.2) is 50.5 Å². The molecule has 0 radical (unpaired) electrons. The molecule has 8 heteroatoms. The lowest BCUT2D eigenvalue weighted by Crippen LogP contribution is -2.03. The molecule has 4 aromatic carbocycles. The third-order valence-electron chi connectivity index (χ3n) is 5.35. The van der Waals surface area contributed by atoms with E-state index in [-0.39, 0.29) is 5.75 Å². The molecule has 0 saturated heterocycles. The second-order valence-corrected chi connectivity index (χ2v) is 9.10. The van der Waals surface area contributed by atoms with Gasteiger partial charge in [0, 0.05) is 30.0 Å². The Hall–Kier alpha value is -4.04. The summed E-state index contributed by atoms with van der Waals surface area (Å²) in [5, 5.41) is 8.79. The molecule has 1 N–H and O–H groups in total. The van der Waals surface area contributed by atoms with Gasteiger partial charge in [0.1, 0.15) is 24.1 Å². The molecule has 4 rings (SSSR count). The third-order valence-corrected chi connectivity index (χ3v) is 5.61. The molecule has 0 amide bonds. The number of halogens is 2. The summed E-state index contributed by atoms with van der Waals surface area (Å²) >= 11 is 5.50. The van der Waals surface area contributed by atoms with Crippen molar-refractivity contribution in [2.45, 2.75) is 26.1 Å². The molecule has 0 aliphatic rings. The fourth-order valence-electron chi connectivity index (χ4n) is 3.31. The number of carbonyl (C=O) groups is 2. The summed E-state index contributed by atoms with van der Waals surface area (Å²) in [6.45, 7) is 3.30. The summed E-state index contributed by atoms with van der Waals surface area (Å²) in [5.41, 5.74) is 3.51. The number of aromatic hydroxyl groups is 1. The Morgan fingerprint density at radius 2 is 1.23 bits per heavy atom. The third kappa shape index (κ3) is 18.9. The zero-order valence-corrected chi connectivity index (χ0v) is 24.9. The summed E-state index contributed by atoms with van der Waals surface area (Å²) in [5.74, 6) is 1.52. The molecular weight excluding hydrogens is 571 g/mol. The average molecular weight is 612 g/mol. The maximum Gasteiger partial charge on any atom is 0.150 e. The van der Waals surface area contributed by atoms with E-state index in [4.69, 9.17) is 32.3 Å². The first-order valence-corrected chi connectivity index (χ1v) is 14.2. The van der Waals surface area contributed by atoms with Gasteiger partial charge in [0.25, 0.3) is 0 Å². The molecule has 0 saturated carbocycles. The van der Waals surface area contributed by atoms with Crippen LogP contribution in [0.1, 0.15) is 46.1 Å². The van der Waals surface area contributed by atoms with Crippen LogP contribution in [0.2, 0.25) is 0 Å². The maximum atomic E-state index is 10.6. The number of benzene rings is 4. The van der Waals surface area contributed by atoms with Crippen molar-refractivity contribution in [2.75, 3.05) is 32.9 Å². The van der Waals surface area contributed by atoms with E-state index in [9.17, 15) is 14.0 Å². The Morgan fingerprint density at radius 3 is 1.72 bits per heavy atom. The Balaban J connectivity index is 0.000000342. The number of phenols is 1. The van der Waals surface area contributed by atoms with E-state index in [1.165, 1.54) is 23.3 Å². The Labute approximate surface area is 260 Å². The quantitative estimate of drug-likeness (QED) is 0.0881. The molecule has 230 valence electrons. The van der Waals surface area contributed by atoms with Gasteiger partial charge in [0.05, 0.1) is 35.0 Å². The van der Waals surface area contributed by atoms with E-state index in [1.807, 2.05) is 60.7 Å². The van der Waals surface area contributed by atoms with Crippen LogP contribution in [0.15, 0.2) is 109 Å². The van der Waals surface area contributed by atoms with Gasteiger partial charge in [-0.05, 0) is 41.8 Å². The first-order valence-electron chi connectivity index (χ1n) is 14.3. The van der Waals surface area contributed by atoms with Crippen LogP contribution in [0.5, 0.6) is 11.5 Å². The molecule has 6 nitrogen and oxygen atoms in total. The van der Waals surface area contributed by atoms with Crippen LogP contribution in [0.4, 0.5) is 4.39 Å². The lowest BCUT2D eigenvalue weighted by atomic mass is 10.2. The molecule has 0 aromatic heterocycles. The standard InChI is InChI=1S/C17H18O3.C10H13ClO.C7H6O2.CH3F/c18-13-16-8-4-9-17(12-16)20-11-5-10-19-14-15-6-2-1-3-7-15;11-7-4-8-12-9-10-5-2-1-3-6-10;8-5-6-2-1-3-7(9)4-6;1-2/h1-4,6-9,12-13H,5,10-11,14H2;1-3,5-6H,4,7-9H2;1-5,9H;1H3/i;;;1D. The Kier molecular flexibility index (Phi) is 21.0. The number of hydrogen-bond acceptors (Lipinski definition) is 6. The molecule has 0 unspecified atom stereocenters. The normalized spacial score (nSPS) is 9.86. The van der Waals surface area contributed by atoms with Crippen LogP contribution in [0.3, 0.4) is 0 Å². The molecule has 0 atom stereocenters. The van der Waals surface area contributed by atoms with Gasteiger partial charge < -0.3 is 19.3 Å². The molecule has 0 fully saturated rings. The van der Waals surface area contributed by atoms with Crippen molar-refractivity contribution >= 4 is 24.2 Å². The SMILES string of the molecule is ClCCCOCc1ccccc1.O=Cc1cccc(O)c1.O=Cc1cccc(OCCCOCc2ccccc2)c1.[2H]CF. The van der Waals surface area contributed by atoms with Gasteiger partial charge in [0.15, 0.2) is 0 Å². The highest BCUT2D eigenvalue weighted by atomic mass is 35.5. The molecular formula is C35H40ClFO6. The minimum absolute atomic E-state index is 0.125. The summed E-state index contributed by atoms with van der Waals surface area (Å²) < 4.78 is 32.0. The number of carbonyl (C=O) groups excluding carboxylic acids is 2. The van der Waals surface area contributed by atoms with E-state index in [2.05, 4.69) is 12.1 Å². The minimum atomic E-state index is -1.00. The lowest BCUT2D eigenvalue weighted by Gasteiger charge is -2.07. The van der Waals surface area contributed by atoms with Crippen molar-refractivity contribution < 1.29 is 34.7 Å². The predicted octanol–water partition coefficient (Wildman–Crippen LogP) is 8.11. The first-order chi connectivity index (χ1) is 21.6. The van der Waals surface area contributed by atoms with Crippen molar-refractivity contribution in [1.82, 2.24) is 0 Å². The van der Waals surface area contributed by atoms with Crippen molar-refractivity contribution in [3.8, 4) is 11.5 Å². The highest BCUT2D eigenvalue weighted by Crippen LogP contribution is 2.12. The van der Waals surface area contributed by atoms with Gasteiger partial charge in [-0.15, -0.1) is 11.6 Å². The van der Waals surface area contributed by atoms with Crippen LogP contribution in [-0.2, 0) is 22.7 Å². The molecule has 4 aromatic rings. The monoisotopic (exact) mass is 611 g/mol. The van der Waals surface area contributed by atoms with Gasteiger partial charge in [-0.25, -0.2) is 0 Å². The molecule has 0 aliphatic heterocycles. The van der Waals surface area contributed by atoms with E-state index < -0.39 is 7.15 Å². The van der Waals surface area contributed by atoms with Crippen molar-refractivity contribution in [2.24, 2.45) is 0 Å². The van der Waals surface area contributed by atoms with E-state index in [0.717, 1.165) is 31.5 Å². The smallest absolute Gasteiger partial charge is 0.150 e. The molecule has 0 aliphatic carbocycles. The fourth-order valence-corrected chi connectivity index (χ4v) is 3.42. The summed E-state index contributed by atoms with van der Waals surface area (Å²) in [6.07, 6.45) is 3.25. The number of alkyl halides is 2. The minimum Gasteiger partial charge on any atom is -0.508 e. The summed E-state index contributed by atoms with van der Waals surface area (Å²) in [6, 6.07) is 33.6. The van der Waals surface area contributed by atoms with Crippen LogP contribution < -0.4 is 4.74 Å². The van der Waals surface area contributed by atoms with Crippen molar-refractivity contribution in [3.63, 3.8) is 0 Å². The number of hydrogen-bond donors (Lipinski definition) is 1. The molecule has 43 heavy (non-hydrogen) atoms. The predicted molar refractivity (Wildman–Crippen MR) is 170 cm³/mol. The van der Waals surface area contributed by atoms with Crippen LogP contribution in [0, 0.1) is 0 Å². The second kappa shape index (κ2) is 25.7. The Morgan fingerprint density at radius 1 is 0.721 bits per heavy atom. The number of phenolic OH excluding ortho intramolecular Hbond substituents is 1. The highest BCUT2D eigenvalue weighted by Gasteiger charge is 1.97. The number of ether oxygens (including phenoxy) is 3. The van der Waals surface area contributed by atoms with Gasteiger partial charge >= 0.3 is 0 Å². The topological polar surface area (TPSA) is 82.1 Å². The Bertz CT molecular complexity index is 1260. The average Bonchev–Trinajstić information content (AvgIpc) is 3.07. The fraction of sp³-hybridized carbons (Fsp3) is 0.257. The van der Waals surface area contributed by atoms with Crippen molar-refractivity contribution in [1.29, 1.82) is 0 Å². The van der Waals surface area contributed by atoms with E-state index in [0.29, 0.717) is 49.7 Å². The zero-order chi connectivity index (χ0) is 32.1. The van der Waals surface area contributed by atoms with E-state index in [1.54, 1.807) is 24.3 Å². The van der Waals surface area contributed by atoms with Crippen molar-refractivity contribution in [3.05, 3.63) is 131 Å². The first kappa shape index (κ1) is 35.2. The largest absolute Gasteiger partial charge is 0.508 e. The second-order valence-electron chi connectivity index (χ2n) is 8.72. The van der Waals surface area contributed by atoms with Gasteiger partial charge in [-0.2, -0.15) is 0 Å². The molecule has 0 heterocycles. The van der Waals surface area contributed by atoms with Crippen LogP contribution in [0.25, 0.3) is 0 Å². The molecule has 0 bridgehead atoms. The van der Waals surface area contributed by atoms with Gasteiger partial charge in [0.2, 0.25) is 0 Å². The number of rotatable bonds is 14. The highest BCUT2D eigenvalue weighted by molar-refractivity contribution is 6.17. The van der Waals surface area contributed by atoms with Crippen LogP contribution >= 0.6 is 11.6 Å². The summed E-state index contributed by atoms with van der Waals surface area (Å²) in [7, 11) is -1.00. The van der Waals surface area contributed by atoms with Gasteiger partial charge in [-0.3, -0.25) is 14.0 Å².